The number of allylic oxidation sites excluding steroid dienone is 1. The van der Waals surface area contributed by atoms with Crippen molar-refractivity contribution in [3.8, 4) is 0 Å². The number of ether oxygens (including phenoxy) is 2. The quantitative estimate of drug-likeness (QED) is 0.505. The first-order valence-corrected chi connectivity index (χ1v) is 8.20. The van der Waals surface area contributed by atoms with E-state index in [1.807, 2.05) is 37.9 Å². The van der Waals surface area contributed by atoms with Gasteiger partial charge in [0.25, 0.3) is 0 Å². The van der Waals surface area contributed by atoms with E-state index in [-0.39, 0.29) is 36.2 Å². The molecule has 0 aromatic rings. The Labute approximate surface area is 139 Å². The van der Waals surface area contributed by atoms with Gasteiger partial charge >= 0.3 is 0 Å². The zero-order valence-electron chi connectivity index (χ0n) is 14.8. The molecule has 0 aliphatic carbocycles. The zero-order chi connectivity index (χ0) is 17.6. The molecule has 6 heteroatoms. The van der Waals surface area contributed by atoms with Crippen LogP contribution in [0.15, 0.2) is 12.2 Å². The third kappa shape index (κ3) is 5.21. The largest absolute Gasteiger partial charge is 0.353 e. The lowest BCUT2D eigenvalue weighted by atomic mass is 9.91. The van der Waals surface area contributed by atoms with Crippen molar-refractivity contribution in [2.75, 3.05) is 20.3 Å². The molecule has 6 nitrogen and oxygen atoms in total. The van der Waals surface area contributed by atoms with E-state index in [2.05, 4.69) is 0 Å². The van der Waals surface area contributed by atoms with Gasteiger partial charge in [-0.1, -0.05) is 12.2 Å². The van der Waals surface area contributed by atoms with Crippen molar-refractivity contribution < 1.29 is 19.1 Å². The van der Waals surface area contributed by atoms with Gasteiger partial charge in [-0.3, -0.25) is 14.5 Å². The number of likely N-dealkylation sites (N-methyl/N-ethyl adjacent to an activating group) is 1. The Kier molecular flexibility index (Phi) is 8.05. The van der Waals surface area contributed by atoms with E-state index in [4.69, 9.17) is 15.2 Å². The predicted molar refractivity (Wildman–Crippen MR) is 89.0 cm³/mol. The Morgan fingerprint density at radius 1 is 1.39 bits per heavy atom. The van der Waals surface area contributed by atoms with Crippen molar-refractivity contribution in [2.45, 2.75) is 58.5 Å². The Hall–Kier alpha value is -1.08. The van der Waals surface area contributed by atoms with E-state index in [9.17, 15) is 9.59 Å². The van der Waals surface area contributed by atoms with Gasteiger partial charge in [-0.25, -0.2) is 0 Å². The molecule has 23 heavy (non-hydrogen) atoms. The fourth-order valence-corrected chi connectivity index (χ4v) is 3.25. The maximum Gasteiger partial charge on any atom is 0.176 e. The third-order valence-electron chi connectivity index (χ3n) is 4.41. The fraction of sp³-hybridized carbons (Fsp3) is 0.765. The first-order valence-electron chi connectivity index (χ1n) is 8.20. The fourth-order valence-electron chi connectivity index (χ4n) is 3.25. The Morgan fingerprint density at radius 3 is 2.57 bits per heavy atom. The molecule has 1 saturated heterocycles. The van der Waals surface area contributed by atoms with Crippen LogP contribution in [-0.4, -0.2) is 61.1 Å². The second kappa shape index (κ2) is 9.27. The topological polar surface area (TPSA) is 81.9 Å². The average Bonchev–Trinajstić information content (AvgIpc) is 2.81. The van der Waals surface area contributed by atoms with Crippen LogP contribution in [0, 0.1) is 5.92 Å². The predicted octanol–water partition coefficient (Wildman–Crippen LogP) is 1.14. The van der Waals surface area contributed by atoms with Crippen molar-refractivity contribution in [1.82, 2.24) is 4.90 Å². The van der Waals surface area contributed by atoms with Crippen molar-refractivity contribution >= 4 is 11.6 Å². The van der Waals surface area contributed by atoms with Crippen LogP contribution in [0.4, 0.5) is 0 Å². The summed E-state index contributed by atoms with van der Waals surface area (Å²) in [5.74, 6) is 0.0136. The summed E-state index contributed by atoms with van der Waals surface area (Å²) in [6.07, 6.45) is 4.23. The Bertz CT molecular complexity index is 438. The number of carbonyl (C=O) groups excluding carboxylic acids is 2. The van der Waals surface area contributed by atoms with E-state index in [1.54, 1.807) is 13.8 Å². The van der Waals surface area contributed by atoms with E-state index < -0.39 is 12.3 Å². The molecule has 1 rings (SSSR count). The summed E-state index contributed by atoms with van der Waals surface area (Å²) >= 11 is 0. The van der Waals surface area contributed by atoms with E-state index in [0.29, 0.717) is 13.0 Å². The molecule has 0 amide bonds. The molecule has 0 bridgehead atoms. The van der Waals surface area contributed by atoms with E-state index in [0.717, 1.165) is 0 Å². The SMILES string of the molecule is C/C=C\[C@@H]1C[C@H](C(C)=O)N(C)[C@H]1C(N)C(=O)COC(C)OCC. The van der Waals surface area contributed by atoms with Gasteiger partial charge in [-0.15, -0.1) is 0 Å². The maximum atomic E-state index is 12.4. The summed E-state index contributed by atoms with van der Waals surface area (Å²) in [6.45, 7) is 7.56. The molecule has 0 spiro atoms. The minimum absolute atomic E-state index is 0.0834. The summed E-state index contributed by atoms with van der Waals surface area (Å²) in [5, 5.41) is 0. The minimum atomic E-state index is -0.695. The molecule has 0 saturated carbocycles. The molecule has 1 fully saturated rings. The number of nitrogens with zero attached hydrogens (tertiary/aromatic N) is 1. The summed E-state index contributed by atoms with van der Waals surface area (Å²) < 4.78 is 10.6. The van der Waals surface area contributed by atoms with E-state index >= 15 is 0 Å². The van der Waals surface area contributed by atoms with Gasteiger partial charge in [0.05, 0.1) is 12.1 Å². The van der Waals surface area contributed by atoms with Crippen LogP contribution in [0.5, 0.6) is 0 Å². The van der Waals surface area contributed by atoms with Crippen molar-refractivity contribution in [3.05, 3.63) is 12.2 Å². The van der Waals surface area contributed by atoms with Crippen LogP contribution in [0.2, 0.25) is 0 Å². The number of rotatable bonds is 9. The molecule has 1 aliphatic rings. The normalized spacial score (nSPS) is 28.2. The lowest BCUT2D eigenvalue weighted by molar-refractivity contribution is -0.150. The van der Waals surface area contributed by atoms with Gasteiger partial charge in [0.2, 0.25) is 0 Å². The van der Waals surface area contributed by atoms with Crippen LogP contribution >= 0.6 is 0 Å². The molecular weight excluding hydrogens is 296 g/mol. The number of hydrogen-bond donors (Lipinski definition) is 1. The molecule has 0 aromatic heterocycles. The van der Waals surface area contributed by atoms with Gasteiger partial charge in [0.15, 0.2) is 12.1 Å². The van der Waals surface area contributed by atoms with Gasteiger partial charge in [0, 0.05) is 12.6 Å². The summed E-state index contributed by atoms with van der Waals surface area (Å²) in [5.41, 5.74) is 6.20. The number of nitrogens with two attached hydrogens (primary N) is 1. The Morgan fingerprint density at radius 2 is 2.04 bits per heavy atom. The molecule has 1 aliphatic heterocycles. The van der Waals surface area contributed by atoms with Crippen LogP contribution in [0.1, 0.15) is 34.1 Å². The molecule has 132 valence electrons. The minimum Gasteiger partial charge on any atom is -0.353 e. The first kappa shape index (κ1) is 20.0. The Balaban J connectivity index is 2.75. The average molecular weight is 326 g/mol. The molecule has 2 N–H and O–H groups in total. The van der Waals surface area contributed by atoms with Crippen molar-refractivity contribution in [2.24, 2.45) is 11.7 Å². The van der Waals surface area contributed by atoms with Gasteiger partial charge in [0.1, 0.15) is 12.4 Å². The number of carbonyl (C=O) groups is 2. The van der Waals surface area contributed by atoms with Gasteiger partial charge < -0.3 is 15.2 Å². The highest BCUT2D eigenvalue weighted by Gasteiger charge is 2.44. The molecule has 0 aromatic carbocycles. The van der Waals surface area contributed by atoms with Crippen LogP contribution < -0.4 is 5.73 Å². The zero-order valence-corrected chi connectivity index (χ0v) is 14.8. The number of hydrogen-bond acceptors (Lipinski definition) is 6. The van der Waals surface area contributed by atoms with Crippen LogP contribution in [0.25, 0.3) is 0 Å². The molecule has 1 heterocycles. The number of likely N-dealkylation sites (tertiary alicyclic amines) is 1. The van der Waals surface area contributed by atoms with Crippen LogP contribution in [0.3, 0.4) is 0 Å². The van der Waals surface area contributed by atoms with Crippen molar-refractivity contribution in [1.29, 1.82) is 0 Å². The highest BCUT2D eigenvalue weighted by Crippen LogP contribution is 2.32. The third-order valence-corrected chi connectivity index (χ3v) is 4.41. The molecule has 0 radical (unpaired) electrons. The summed E-state index contributed by atoms with van der Waals surface area (Å²) in [6, 6.07) is -1.08. The second-order valence-corrected chi connectivity index (χ2v) is 6.03. The molecular formula is C17H30N2O4. The number of ketones is 2. The van der Waals surface area contributed by atoms with Gasteiger partial charge in [-0.05, 0) is 47.1 Å². The summed E-state index contributed by atoms with van der Waals surface area (Å²) in [7, 11) is 1.86. The highest BCUT2D eigenvalue weighted by atomic mass is 16.7. The first-order chi connectivity index (χ1) is 10.8. The molecule has 2 unspecified atom stereocenters. The lowest BCUT2D eigenvalue weighted by Crippen LogP contribution is -2.53. The lowest BCUT2D eigenvalue weighted by Gasteiger charge is -2.30. The summed E-state index contributed by atoms with van der Waals surface area (Å²) in [4.78, 5) is 26.1. The van der Waals surface area contributed by atoms with Crippen molar-refractivity contribution in [3.63, 3.8) is 0 Å². The molecule has 5 atom stereocenters. The van der Waals surface area contributed by atoms with Crippen LogP contribution in [-0.2, 0) is 19.1 Å². The smallest absolute Gasteiger partial charge is 0.176 e. The number of Topliss-reactive ketones (excluding diaryl/α,β-unsaturated/α-hetero) is 2. The maximum absolute atomic E-state index is 12.4. The standard InChI is InChI=1S/C17H30N2O4/c1-6-8-13-9-14(11(3)20)19(5)17(13)16(18)15(21)10-23-12(4)22-7-2/h6,8,12-14,16-17H,7,9-10,18H2,1-5H3/b8-6-/t12?,13-,14-,16?,17-/m1/s1. The second-order valence-electron chi connectivity index (χ2n) is 6.03. The van der Waals surface area contributed by atoms with E-state index in [1.165, 1.54) is 0 Å². The van der Waals surface area contributed by atoms with Gasteiger partial charge in [-0.2, -0.15) is 0 Å². The highest BCUT2D eigenvalue weighted by molar-refractivity contribution is 5.87. The monoisotopic (exact) mass is 326 g/mol.